The van der Waals surface area contributed by atoms with Gasteiger partial charge in [-0.05, 0) is 39.0 Å². The lowest BCUT2D eigenvalue weighted by Gasteiger charge is -2.26. The highest BCUT2D eigenvalue weighted by atomic mass is 16.3. The Balaban J connectivity index is 2.33. The summed E-state index contributed by atoms with van der Waals surface area (Å²) >= 11 is 0. The lowest BCUT2D eigenvalue weighted by atomic mass is 9.87. The van der Waals surface area contributed by atoms with Crippen LogP contribution in [0.5, 0.6) is 0 Å². The number of rotatable bonds is 0. The Morgan fingerprint density at radius 3 is 2.12 bits per heavy atom. The van der Waals surface area contributed by atoms with Crippen molar-refractivity contribution >= 4 is 0 Å². The average Bonchev–Trinajstić information content (AvgIpc) is 1.65. The van der Waals surface area contributed by atoms with Crippen LogP contribution in [0, 0.1) is 6.42 Å². The zero-order valence-corrected chi connectivity index (χ0v) is 5.35. The molecule has 1 aliphatic carbocycles. The lowest BCUT2D eigenvalue weighted by Crippen LogP contribution is -2.26. The summed E-state index contributed by atoms with van der Waals surface area (Å²) in [5, 5.41) is 9.35. The number of aliphatic hydroxyl groups is 1. The van der Waals surface area contributed by atoms with Crippen LogP contribution >= 0.6 is 0 Å². The minimum atomic E-state index is -0.352. The van der Waals surface area contributed by atoms with E-state index in [2.05, 4.69) is 6.42 Å². The highest BCUT2D eigenvalue weighted by Gasteiger charge is 2.22. The molecule has 0 heterocycles. The summed E-state index contributed by atoms with van der Waals surface area (Å²) in [4.78, 5) is 0. The highest BCUT2D eigenvalue weighted by molar-refractivity contribution is 4.84. The topological polar surface area (TPSA) is 20.2 Å². The Morgan fingerprint density at radius 2 is 1.88 bits per heavy atom. The van der Waals surface area contributed by atoms with Gasteiger partial charge in [0.05, 0.1) is 5.60 Å². The summed E-state index contributed by atoms with van der Waals surface area (Å²) in [5.74, 6) is 0. The van der Waals surface area contributed by atoms with Crippen molar-refractivity contribution in [1.82, 2.24) is 0 Å². The Hall–Kier alpha value is -0.0400. The van der Waals surface area contributed by atoms with Gasteiger partial charge in [0, 0.05) is 0 Å². The fraction of sp³-hybridized carbons (Fsp3) is 0.857. The molecule has 1 saturated carbocycles. The normalized spacial score (nSPS) is 27.8. The van der Waals surface area contributed by atoms with Crippen molar-refractivity contribution in [3.63, 3.8) is 0 Å². The van der Waals surface area contributed by atoms with Crippen LogP contribution in [0.25, 0.3) is 0 Å². The van der Waals surface area contributed by atoms with Crippen molar-refractivity contribution in [3.05, 3.63) is 6.42 Å². The zero-order valence-electron chi connectivity index (χ0n) is 5.35. The fourth-order valence-corrected chi connectivity index (χ4v) is 1.10. The van der Waals surface area contributed by atoms with E-state index >= 15 is 0 Å². The lowest BCUT2D eigenvalue weighted by molar-refractivity contribution is 0.0318. The van der Waals surface area contributed by atoms with Crippen LogP contribution in [0.2, 0.25) is 0 Å². The van der Waals surface area contributed by atoms with E-state index in [1.54, 1.807) is 0 Å². The van der Waals surface area contributed by atoms with Gasteiger partial charge in [-0.3, -0.25) is 0 Å². The van der Waals surface area contributed by atoms with Crippen LogP contribution < -0.4 is 0 Å². The SMILES string of the molecule is CC1(O)CC[CH]CC1. The summed E-state index contributed by atoms with van der Waals surface area (Å²) in [6.07, 6.45) is 6.33. The number of hydrogen-bond donors (Lipinski definition) is 1. The standard InChI is InChI=1S/C7H13O/c1-7(8)5-3-2-4-6-7/h2,8H,3-6H2,1H3. The van der Waals surface area contributed by atoms with Gasteiger partial charge in [-0.25, -0.2) is 0 Å². The highest BCUT2D eigenvalue weighted by Crippen LogP contribution is 2.25. The molecule has 8 heavy (non-hydrogen) atoms. The first-order chi connectivity index (χ1) is 3.71. The van der Waals surface area contributed by atoms with Crippen LogP contribution in [-0.2, 0) is 0 Å². The summed E-state index contributed by atoms with van der Waals surface area (Å²) in [6.45, 7) is 1.92. The molecule has 1 N–H and O–H groups in total. The third-order valence-electron chi connectivity index (χ3n) is 1.77. The van der Waals surface area contributed by atoms with Gasteiger partial charge in [0.15, 0.2) is 0 Å². The molecule has 1 heteroatoms. The summed E-state index contributed by atoms with van der Waals surface area (Å²) in [6, 6.07) is 0. The van der Waals surface area contributed by atoms with Gasteiger partial charge in [-0.1, -0.05) is 0 Å². The molecule has 0 aromatic heterocycles. The molecule has 0 aliphatic heterocycles. The fourth-order valence-electron chi connectivity index (χ4n) is 1.10. The largest absolute Gasteiger partial charge is 0.390 e. The minimum absolute atomic E-state index is 0.352. The van der Waals surface area contributed by atoms with Gasteiger partial charge in [0.1, 0.15) is 0 Å². The van der Waals surface area contributed by atoms with Crippen LogP contribution in [-0.4, -0.2) is 10.7 Å². The Kier molecular flexibility index (Phi) is 1.57. The van der Waals surface area contributed by atoms with Crippen molar-refractivity contribution < 1.29 is 5.11 Å². The molecule has 1 fully saturated rings. The summed E-state index contributed by atoms with van der Waals surface area (Å²) in [5.41, 5.74) is -0.352. The van der Waals surface area contributed by atoms with E-state index < -0.39 is 0 Å². The third-order valence-corrected chi connectivity index (χ3v) is 1.77. The van der Waals surface area contributed by atoms with Gasteiger partial charge in [-0.2, -0.15) is 0 Å². The van der Waals surface area contributed by atoms with Crippen molar-refractivity contribution in [2.75, 3.05) is 0 Å². The maximum Gasteiger partial charge on any atom is 0.0620 e. The summed E-state index contributed by atoms with van der Waals surface area (Å²) < 4.78 is 0. The molecule has 0 spiro atoms. The summed E-state index contributed by atoms with van der Waals surface area (Å²) in [7, 11) is 0. The zero-order chi connectivity index (χ0) is 6.04. The van der Waals surface area contributed by atoms with Crippen LogP contribution in [0.15, 0.2) is 0 Å². The average molecular weight is 113 g/mol. The minimum Gasteiger partial charge on any atom is -0.390 e. The van der Waals surface area contributed by atoms with Crippen molar-refractivity contribution in [2.45, 2.75) is 38.2 Å². The molecule has 0 saturated heterocycles. The molecule has 0 unspecified atom stereocenters. The molecule has 1 aliphatic rings. The van der Waals surface area contributed by atoms with Gasteiger partial charge in [-0.15, -0.1) is 0 Å². The van der Waals surface area contributed by atoms with Crippen LogP contribution in [0.4, 0.5) is 0 Å². The molecule has 1 rings (SSSR count). The van der Waals surface area contributed by atoms with Gasteiger partial charge in [0.25, 0.3) is 0 Å². The second-order valence-electron chi connectivity index (χ2n) is 2.86. The predicted octanol–water partition coefficient (Wildman–Crippen LogP) is 1.52. The van der Waals surface area contributed by atoms with Gasteiger partial charge < -0.3 is 5.11 Å². The Morgan fingerprint density at radius 1 is 1.38 bits per heavy atom. The van der Waals surface area contributed by atoms with Crippen LogP contribution in [0.1, 0.15) is 32.6 Å². The van der Waals surface area contributed by atoms with Crippen molar-refractivity contribution in [1.29, 1.82) is 0 Å². The predicted molar refractivity (Wildman–Crippen MR) is 33.4 cm³/mol. The molecule has 0 aromatic rings. The van der Waals surface area contributed by atoms with Crippen LogP contribution in [0.3, 0.4) is 0 Å². The molecule has 0 amide bonds. The van der Waals surface area contributed by atoms with E-state index in [1.165, 1.54) is 0 Å². The Bertz CT molecular complexity index is 68.5. The van der Waals surface area contributed by atoms with Crippen molar-refractivity contribution in [3.8, 4) is 0 Å². The van der Waals surface area contributed by atoms with E-state index in [0.717, 1.165) is 25.7 Å². The maximum absolute atomic E-state index is 9.35. The van der Waals surface area contributed by atoms with Crippen molar-refractivity contribution in [2.24, 2.45) is 0 Å². The molecule has 0 atom stereocenters. The maximum atomic E-state index is 9.35. The first kappa shape index (κ1) is 6.09. The third kappa shape index (κ3) is 1.48. The smallest absolute Gasteiger partial charge is 0.0620 e. The van der Waals surface area contributed by atoms with E-state index in [0.29, 0.717) is 0 Å². The molecule has 47 valence electrons. The van der Waals surface area contributed by atoms with E-state index in [4.69, 9.17) is 0 Å². The second-order valence-corrected chi connectivity index (χ2v) is 2.86. The molecular formula is C7H13O. The quantitative estimate of drug-likeness (QED) is 0.505. The molecule has 1 radical (unpaired) electrons. The Labute approximate surface area is 50.7 Å². The van der Waals surface area contributed by atoms with E-state index in [1.807, 2.05) is 6.92 Å². The van der Waals surface area contributed by atoms with Gasteiger partial charge in [0.2, 0.25) is 0 Å². The second kappa shape index (κ2) is 2.06. The molecule has 0 aromatic carbocycles. The first-order valence-electron chi connectivity index (χ1n) is 3.25. The molecule has 1 nitrogen and oxygen atoms in total. The van der Waals surface area contributed by atoms with Gasteiger partial charge >= 0.3 is 0 Å². The van der Waals surface area contributed by atoms with E-state index in [-0.39, 0.29) is 5.60 Å². The molecule has 0 bridgehead atoms. The number of hydrogen-bond acceptors (Lipinski definition) is 1. The van der Waals surface area contributed by atoms with E-state index in [9.17, 15) is 5.11 Å². The monoisotopic (exact) mass is 113 g/mol. The molecular weight excluding hydrogens is 100 g/mol. The first-order valence-corrected chi connectivity index (χ1v) is 3.25.